The van der Waals surface area contributed by atoms with Crippen LogP contribution in [-0.4, -0.2) is 39.4 Å². The minimum absolute atomic E-state index is 0.0782. The lowest BCUT2D eigenvalue weighted by Gasteiger charge is -2.11. The van der Waals surface area contributed by atoms with E-state index in [2.05, 4.69) is 9.97 Å². The number of amides is 1. The number of carbonyl (C=O) groups is 1. The predicted molar refractivity (Wildman–Crippen MR) is 75.1 cm³/mol. The number of carbonyl (C=O) groups excluding carboxylic acids is 1. The Labute approximate surface area is 117 Å². The third-order valence-electron chi connectivity index (χ3n) is 2.97. The van der Waals surface area contributed by atoms with Gasteiger partial charge in [0.05, 0.1) is 5.88 Å². The molecular formula is C13H17ClN4O. The van der Waals surface area contributed by atoms with E-state index in [1.54, 1.807) is 25.2 Å². The summed E-state index contributed by atoms with van der Waals surface area (Å²) in [5.41, 5.74) is 2.67. The number of fused-ring (bicyclic) bond motifs is 1. The second kappa shape index (κ2) is 5.57. The van der Waals surface area contributed by atoms with Gasteiger partial charge in [0, 0.05) is 33.3 Å². The van der Waals surface area contributed by atoms with Gasteiger partial charge in [0.2, 0.25) is 5.91 Å². The number of aryl methyl sites for hydroxylation is 2. The molecule has 0 aliphatic carbocycles. The summed E-state index contributed by atoms with van der Waals surface area (Å²) in [4.78, 5) is 22.1. The molecule has 19 heavy (non-hydrogen) atoms. The van der Waals surface area contributed by atoms with E-state index >= 15 is 0 Å². The van der Waals surface area contributed by atoms with Crippen LogP contribution >= 0.6 is 11.6 Å². The molecule has 0 aromatic carbocycles. The van der Waals surface area contributed by atoms with Gasteiger partial charge in [-0.2, -0.15) is 0 Å². The van der Waals surface area contributed by atoms with Crippen molar-refractivity contribution < 1.29 is 4.79 Å². The van der Waals surface area contributed by atoms with Gasteiger partial charge in [0.25, 0.3) is 0 Å². The summed E-state index contributed by atoms with van der Waals surface area (Å²) >= 11 is 5.91. The number of nitrogens with zero attached hydrogens (tertiary/aromatic N) is 4. The molecule has 0 spiro atoms. The Hall–Kier alpha value is -1.62. The van der Waals surface area contributed by atoms with Crippen LogP contribution in [0.1, 0.15) is 17.8 Å². The fourth-order valence-corrected chi connectivity index (χ4v) is 2.13. The molecule has 0 saturated heterocycles. The highest BCUT2D eigenvalue weighted by Crippen LogP contribution is 2.17. The van der Waals surface area contributed by atoms with Gasteiger partial charge in [-0.3, -0.25) is 4.79 Å². The van der Waals surface area contributed by atoms with Gasteiger partial charge in [0.15, 0.2) is 5.65 Å². The Morgan fingerprint density at radius 3 is 2.84 bits per heavy atom. The Bertz CT molecular complexity index is 606. The fraction of sp³-hybridized carbons (Fsp3) is 0.462. The second-order valence-corrected chi connectivity index (χ2v) is 4.97. The normalized spacial score (nSPS) is 10.9. The van der Waals surface area contributed by atoms with Gasteiger partial charge in [-0.25, -0.2) is 9.97 Å². The van der Waals surface area contributed by atoms with E-state index in [1.807, 2.05) is 17.6 Å². The molecule has 2 rings (SSSR count). The maximum Gasteiger partial charge on any atom is 0.223 e. The molecule has 0 saturated carbocycles. The first kappa shape index (κ1) is 13.8. The van der Waals surface area contributed by atoms with Crippen molar-refractivity contribution in [3.63, 3.8) is 0 Å². The van der Waals surface area contributed by atoms with Crippen molar-refractivity contribution >= 4 is 28.7 Å². The van der Waals surface area contributed by atoms with E-state index in [-0.39, 0.29) is 5.91 Å². The van der Waals surface area contributed by atoms with Crippen LogP contribution in [0.25, 0.3) is 11.2 Å². The van der Waals surface area contributed by atoms with Crippen LogP contribution in [0.4, 0.5) is 0 Å². The average Bonchev–Trinajstić information content (AvgIpc) is 2.72. The Morgan fingerprint density at radius 1 is 1.47 bits per heavy atom. The van der Waals surface area contributed by atoms with Gasteiger partial charge < -0.3 is 9.47 Å². The highest BCUT2D eigenvalue weighted by Gasteiger charge is 2.13. The Kier molecular flexibility index (Phi) is 4.04. The number of imidazole rings is 1. The highest BCUT2D eigenvalue weighted by molar-refractivity contribution is 6.16. The van der Waals surface area contributed by atoms with E-state index in [0.717, 1.165) is 22.6 Å². The van der Waals surface area contributed by atoms with Gasteiger partial charge in [-0.05, 0) is 18.6 Å². The van der Waals surface area contributed by atoms with Crippen molar-refractivity contribution in [1.29, 1.82) is 0 Å². The monoisotopic (exact) mass is 280 g/mol. The summed E-state index contributed by atoms with van der Waals surface area (Å²) in [6, 6.07) is 1.97. The SMILES string of the molecule is Cc1cnc2c(c1)nc(CCl)n2CCC(=O)N(C)C. The second-order valence-electron chi connectivity index (χ2n) is 4.71. The molecule has 2 heterocycles. The van der Waals surface area contributed by atoms with Crippen LogP contribution in [0.2, 0.25) is 0 Å². The minimum Gasteiger partial charge on any atom is -0.349 e. The summed E-state index contributed by atoms with van der Waals surface area (Å²) in [5.74, 6) is 1.14. The van der Waals surface area contributed by atoms with Crippen LogP contribution in [0.15, 0.2) is 12.3 Å². The summed E-state index contributed by atoms with van der Waals surface area (Å²) in [6.07, 6.45) is 2.21. The molecule has 2 aromatic heterocycles. The van der Waals surface area contributed by atoms with Crippen LogP contribution < -0.4 is 0 Å². The largest absolute Gasteiger partial charge is 0.349 e. The molecule has 5 nitrogen and oxygen atoms in total. The quantitative estimate of drug-likeness (QED) is 0.805. The average molecular weight is 281 g/mol. The molecular weight excluding hydrogens is 264 g/mol. The van der Waals surface area contributed by atoms with Crippen molar-refractivity contribution in [2.45, 2.75) is 25.8 Å². The van der Waals surface area contributed by atoms with E-state index in [0.29, 0.717) is 18.8 Å². The molecule has 1 amide bonds. The summed E-state index contributed by atoms with van der Waals surface area (Å²) in [7, 11) is 3.50. The zero-order valence-electron chi connectivity index (χ0n) is 11.4. The first-order valence-corrected chi connectivity index (χ1v) is 6.64. The van der Waals surface area contributed by atoms with Gasteiger partial charge in [-0.15, -0.1) is 11.6 Å². The van der Waals surface area contributed by atoms with E-state index in [1.165, 1.54) is 0 Å². The first-order chi connectivity index (χ1) is 9.02. The molecule has 0 N–H and O–H groups in total. The Balaban J connectivity index is 2.33. The van der Waals surface area contributed by atoms with Gasteiger partial charge >= 0.3 is 0 Å². The van der Waals surface area contributed by atoms with Crippen LogP contribution in [0.3, 0.4) is 0 Å². The number of pyridine rings is 1. The third kappa shape index (κ3) is 2.87. The fourth-order valence-electron chi connectivity index (χ4n) is 1.93. The number of halogens is 1. The summed E-state index contributed by atoms with van der Waals surface area (Å²) in [6.45, 7) is 2.52. The minimum atomic E-state index is 0.0782. The van der Waals surface area contributed by atoms with Crippen molar-refractivity contribution in [1.82, 2.24) is 19.4 Å². The number of aromatic nitrogens is 3. The van der Waals surface area contributed by atoms with E-state index < -0.39 is 0 Å². The standard InChI is InChI=1S/C13H17ClN4O/c1-9-6-10-13(15-8-9)18(11(7-14)16-10)5-4-12(19)17(2)3/h6,8H,4-5,7H2,1-3H3. The molecule has 0 radical (unpaired) electrons. The highest BCUT2D eigenvalue weighted by atomic mass is 35.5. The van der Waals surface area contributed by atoms with Crippen molar-refractivity contribution in [2.75, 3.05) is 14.1 Å². The zero-order chi connectivity index (χ0) is 14.0. The van der Waals surface area contributed by atoms with E-state index in [4.69, 9.17) is 11.6 Å². The molecule has 0 bridgehead atoms. The zero-order valence-corrected chi connectivity index (χ0v) is 12.1. The maximum atomic E-state index is 11.7. The predicted octanol–water partition coefficient (Wildman–Crippen LogP) is 1.96. The Morgan fingerprint density at radius 2 is 2.21 bits per heavy atom. The van der Waals surface area contributed by atoms with Crippen LogP contribution in [-0.2, 0) is 17.2 Å². The molecule has 0 fully saturated rings. The lowest BCUT2D eigenvalue weighted by molar-refractivity contribution is -0.128. The number of rotatable bonds is 4. The summed E-state index contributed by atoms with van der Waals surface area (Å²) in [5, 5.41) is 0. The molecule has 6 heteroatoms. The molecule has 2 aromatic rings. The number of hydrogen-bond acceptors (Lipinski definition) is 3. The van der Waals surface area contributed by atoms with Crippen molar-refractivity contribution in [3.05, 3.63) is 23.7 Å². The van der Waals surface area contributed by atoms with E-state index in [9.17, 15) is 4.79 Å². The maximum absolute atomic E-state index is 11.7. The van der Waals surface area contributed by atoms with Crippen LogP contribution in [0, 0.1) is 6.92 Å². The molecule has 0 atom stereocenters. The smallest absolute Gasteiger partial charge is 0.223 e. The molecule has 0 unspecified atom stereocenters. The third-order valence-corrected chi connectivity index (χ3v) is 3.21. The topological polar surface area (TPSA) is 51.0 Å². The first-order valence-electron chi connectivity index (χ1n) is 6.11. The van der Waals surface area contributed by atoms with Crippen molar-refractivity contribution in [3.8, 4) is 0 Å². The lowest BCUT2D eigenvalue weighted by Crippen LogP contribution is -2.23. The molecule has 102 valence electrons. The molecule has 0 aliphatic heterocycles. The van der Waals surface area contributed by atoms with Gasteiger partial charge in [-0.1, -0.05) is 0 Å². The molecule has 0 aliphatic rings. The van der Waals surface area contributed by atoms with Crippen LogP contribution in [0.5, 0.6) is 0 Å². The number of hydrogen-bond donors (Lipinski definition) is 0. The summed E-state index contributed by atoms with van der Waals surface area (Å²) < 4.78 is 1.92. The van der Waals surface area contributed by atoms with Gasteiger partial charge in [0.1, 0.15) is 11.3 Å². The lowest BCUT2D eigenvalue weighted by atomic mass is 10.3. The number of alkyl halides is 1. The van der Waals surface area contributed by atoms with Crippen molar-refractivity contribution in [2.24, 2.45) is 0 Å².